The van der Waals surface area contributed by atoms with Crippen LogP contribution in [0.4, 0.5) is 5.69 Å². The second-order valence-electron chi connectivity index (χ2n) is 3.94. The Morgan fingerprint density at radius 1 is 1.47 bits per heavy atom. The number of β-amino-alcohol motifs (C(OH)–C–C–N with tert-alkyl or cyclic N) is 1. The van der Waals surface area contributed by atoms with E-state index in [1.54, 1.807) is 7.11 Å². The summed E-state index contributed by atoms with van der Waals surface area (Å²) in [7, 11) is 1.67. The van der Waals surface area contributed by atoms with Crippen LogP contribution in [0.2, 0.25) is 0 Å². The number of benzene rings is 1. The largest absolute Gasteiger partial charge is 0.497 e. The lowest BCUT2D eigenvalue weighted by Crippen LogP contribution is -2.38. The van der Waals surface area contributed by atoms with Crippen LogP contribution in [0.15, 0.2) is 24.3 Å². The molecule has 1 saturated heterocycles. The van der Waals surface area contributed by atoms with Gasteiger partial charge in [0.1, 0.15) is 5.75 Å². The summed E-state index contributed by atoms with van der Waals surface area (Å²) in [6, 6.07) is 7.98. The molecule has 15 heavy (non-hydrogen) atoms. The van der Waals surface area contributed by atoms with Crippen molar-refractivity contribution in [2.75, 3.05) is 25.1 Å². The van der Waals surface area contributed by atoms with Gasteiger partial charge in [-0.3, -0.25) is 0 Å². The van der Waals surface area contributed by atoms with E-state index in [-0.39, 0.29) is 6.10 Å². The first-order valence-corrected chi connectivity index (χ1v) is 5.36. The van der Waals surface area contributed by atoms with Gasteiger partial charge in [-0.15, -0.1) is 0 Å². The number of piperidine rings is 1. The van der Waals surface area contributed by atoms with Crippen molar-refractivity contribution in [1.82, 2.24) is 0 Å². The summed E-state index contributed by atoms with van der Waals surface area (Å²) in [5.41, 5.74) is 1.13. The number of methoxy groups -OCH3 is 1. The van der Waals surface area contributed by atoms with Crippen molar-refractivity contribution >= 4 is 5.69 Å². The molecule has 1 aromatic carbocycles. The molecule has 1 fully saturated rings. The molecule has 1 heterocycles. The normalized spacial score (nSPS) is 21.5. The van der Waals surface area contributed by atoms with Crippen LogP contribution in [-0.2, 0) is 0 Å². The topological polar surface area (TPSA) is 32.7 Å². The highest BCUT2D eigenvalue weighted by Crippen LogP contribution is 2.23. The molecular formula is C12H17NO2. The second kappa shape index (κ2) is 4.53. The van der Waals surface area contributed by atoms with Crippen LogP contribution in [0.25, 0.3) is 0 Å². The summed E-state index contributed by atoms with van der Waals surface area (Å²) in [5, 5.41) is 9.59. The van der Waals surface area contributed by atoms with Crippen molar-refractivity contribution in [3.63, 3.8) is 0 Å². The van der Waals surface area contributed by atoms with Gasteiger partial charge in [0.15, 0.2) is 0 Å². The van der Waals surface area contributed by atoms with Gasteiger partial charge in [0.05, 0.1) is 13.2 Å². The van der Waals surface area contributed by atoms with E-state index in [2.05, 4.69) is 11.0 Å². The van der Waals surface area contributed by atoms with Gasteiger partial charge in [-0.2, -0.15) is 0 Å². The number of ether oxygens (including phenoxy) is 1. The maximum Gasteiger partial charge on any atom is 0.120 e. The first kappa shape index (κ1) is 10.3. The maximum atomic E-state index is 9.59. The SMILES string of the molecule is COc1cccc(N2CCCC(O)C2)c1. The molecule has 1 unspecified atom stereocenters. The Morgan fingerprint density at radius 2 is 2.33 bits per heavy atom. The Hall–Kier alpha value is -1.22. The van der Waals surface area contributed by atoms with Crippen LogP contribution in [0.5, 0.6) is 5.75 Å². The number of aliphatic hydroxyl groups excluding tert-OH is 1. The average Bonchev–Trinajstić information content (AvgIpc) is 2.29. The van der Waals surface area contributed by atoms with E-state index in [0.29, 0.717) is 0 Å². The van der Waals surface area contributed by atoms with Crippen LogP contribution in [0.1, 0.15) is 12.8 Å². The van der Waals surface area contributed by atoms with Crippen LogP contribution in [0.3, 0.4) is 0 Å². The Balaban J connectivity index is 2.13. The maximum absolute atomic E-state index is 9.59. The van der Waals surface area contributed by atoms with Crippen LogP contribution in [0, 0.1) is 0 Å². The minimum Gasteiger partial charge on any atom is -0.497 e. The molecule has 1 aliphatic heterocycles. The Labute approximate surface area is 90.3 Å². The van der Waals surface area contributed by atoms with Crippen molar-refractivity contribution < 1.29 is 9.84 Å². The number of hydrogen-bond donors (Lipinski definition) is 1. The van der Waals surface area contributed by atoms with E-state index in [1.807, 2.05) is 18.2 Å². The monoisotopic (exact) mass is 207 g/mol. The van der Waals surface area contributed by atoms with Crippen molar-refractivity contribution in [2.45, 2.75) is 18.9 Å². The molecule has 0 saturated carbocycles. The van der Waals surface area contributed by atoms with Gasteiger partial charge in [0.2, 0.25) is 0 Å². The summed E-state index contributed by atoms with van der Waals surface area (Å²) in [6.07, 6.45) is 1.78. The Morgan fingerprint density at radius 3 is 3.07 bits per heavy atom. The number of aliphatic hydroxyl groups is 1. The molecule has 1 N–H and O–H groups in total. The summed E-state index contributed by atoms with van der Waals surface area (Å²) in [6.45, 7) is 1.75. The van der Waals surface area contributed by atoms with Gasteiger partial charge in [-0.1, -0.05) is 6.07 Å². The first-order valence-electron chi connectivity index (χ1n) is 5.36. The fourth-order valence-corrected chi connectivity index (χ4v) is 2.00. The average molecular weight is 207 g/mol. The summed E-state index contributed by atoms with van der Waals surface area (Å²) in [5.74, 6) is 0.868. The lowest BCUT2D eigenvalue weighted by Gasteiger charge is -2.32. The molecule has 0 bridgehead atoms. The standard InChI is InChI=1S/C12H17NO2/c1-15-12-6-2-4-10(8-12)13-7-3-5-11(14)9-13/h2,4,6,8,11,14H,3,5,7,9H2,1H3. The fraction of sp³-hybridized carbons (Fsp3) is 0.500. The molecule has 2 rings (SSSR count). The Bertz CT molecular complexity index is 327. The molecule has 0 aliphatic carbocycles. The van der Waals surface area contributed by atoms with Gasteiger partial charge in [-0.05, 0) is 25.0 Å². The molecule has 0 spiro atoms. The summed E-state index contributed by atoms with van der Waals surface area (Å²) >= 11 is 0. The summed E-state index contributed by atoms with van der Waals surface area (Å²) < 4.78 is 5.18. The van der Waals surface area contributed by atoms with Gasteiger partial charge in [0.25, 0.3) is 0 Å². The zero-order chi connectivity index (χ0) is 10.7. The third kappa shape index (κ3) is 2.42. The lowest BCUT2D eigenvalue weighted by molar-refractivity contribution is 0.154. The predicted octanol–water partition coefficient (Wildman–Crippen LogP) is 1.66. The zero-order valence-corrected chi connectivity index (χ0v) is 9.02. The van der Waals surface area contributed by atoms with Gasteiger partial charge in [0, 0.05) is 24.8 Å². The van der Waals surface area contributed by atoms with Crippen molar-refractivity contribution in [1.29, 1.82) is 0 Å². The molecule has 3 heteroatoms. The molecule has 3 nitrogen and oxygen atoms in total. The highest BCUT2D eigenvalue weighted by molar-refractivity contribution is 5.51. The molecule has 1 aromatic rings. The molecule has 1 atom stereocenters. The van der Waals surface area contributed by atoms with E-state index in [4.69, 9.17) is 4.74 Å². The van der Waals surface area contributed by atoms with Gasteiger partial charge >= 0.3 is 0 Å². The van der Waals surface area contributed by atoms with Crippen LogP contribution < -0.4 is 9.64 Å². The minimum atomic E-state index is -0.190. The first-order chi connectivity index (χ1) is 7.29. The zero-order valence-electron chi connectivity index (χ0n) is 9.02. The summed E-state index contributed by atoms with van der Waals surface area (Å²) in [4.78, 5) is 2.21. The fourth-order valence-electron chi connectivity index (χ4n) is 2.00. The van der Waals surface area contributed by atoms with Gasteiger partial charge < -0.3 is 14.7 Å². The predicted molar refractivity (Wildman–Crippen MR) is 60.4 cm³/mol. The van der Waals surface area contributed by atoms with E-state index >= 15 is 0 Å². The molecule has 0 aromatic heterocycles. The van der Waals surface area contributed by atoms with Gasteiger partial charge in [-0.25, -0.2) is 0 Å². The molecule has 0 amide bonds. The molecular weight excluding hydrogens is 190 g/mol. The van der Waals surface area contributed by atoms with E-state index < -0.39 is 0 Å². The van der Waals surface area contributed by atoms with Crippen LogP contribution >= 0.6 is 0 Å². The highest BCUT2D eigenvalue weighted by Gasteiger charge is 2.17. The van der Waals surface area contributed by atoms with E-state index in [0.717, 1.165) is 37.4 Å². The number of hydrogen-bond acceptors (Lipinski definition) is 3. The molecule has 82 valence electrons. The number of anilines is 1. The third-order valence-electron chi connectivity index (χ3n) is 2.81. The second-order valence-corrected chi connectivity index (χ2v) is 3.94. The Kier molecular flexibility index (Phi) is 3.11. The van der Waals surface area contributed by atoms with Crippen molar-refractivity contribution in [3.05, 3.63) is 24.3 Å². The number of nitrogens with zero attached hydrogens (tertiary/aromatic N) is 1. The quantitative estimate of drug-likeness (QED) is 0.800. The molecule has 1 aliphatic rings. The number of rotatable bonds is 2. The highest BCUT2D eigenvalue weighted by atomic mass is 16.5. The molecule has 0 radical (unpaired) electrons. The third-order valence-corrected chi connectivity index (χ3v) is 2.81. The van der Waals surface area contributed by atoms with Crippen LogP contribution in [-0.4, -0.2) is 31.4 Å². The van der Waals surface area contributed by atoms with E-state index in [9.17, 15) is 5.11 Å². The minimum absolute atomic E-state index is 0.190. The van der Waals surface area contributed by atoms with Crippen molar-refractivity contribution in [2.24, 2.45) is 0 Å². The van der Waals surface area contributed by atoms with E-state index in [1.165, 1.54) is 0 Å². The van der Waals surface area contributed by atoms with Crippen molar-refractivity contribution in [3.8, 4) is 5.75 Å². The smallest absolute Gasteiger partial charge is 0.120 e. The lowest BCUT2D eigenvalue weighted by atomic mass is 10.1.